The highest BCUT2D eigenvalue weighted by atomic mass is 32.2. The van der Waals surface area contributed by atoms with E-state index in [0.29, 0.717) is 21.0 Å². The minimum absolute atomic E-state index is 0.00795. The molecule has 0 saturated carbocycles. The van der Waals surface area contributed by atoms with E-state index in [2.05, 4.69) is 20.3 Å². The zero-order valence-corrected chi connectivity index (χ0v) is 20.8. The van der Waals surface area contributed by atoms with E-state index in [4.69, 9.17) is 5.73 Å². The van der Waals surface area contributed by atoms with E-state index >= 15 is 0 Å². The highest BCUT2D eigenvalue weighted by Gasteiger charge is 2.25. The molecule has 0 amide bonds. The second-order valence-corrected chi connectivity index (χ2v) is 8.95. The van der Waals surface area contributed by atoms with Crippen molar-refractivity contribution in [3.05, 3.63) is 92.1 Å². The van der Waals surface area contributed by atoms with Crippen LogP contribution in [0.2, 0.25) is 0 Å². The van der Waals surface area contributed by atoms with E-state index in [-0.39, 0.29) is 18.1 Å². The maximum Gasteiger partial charge on any atom is 0.333 e. The number of benzene rings is 2. The summed E-state index contributed by atoms with van der Waals surface area (Å²) in [5, 5.41) is 12.0. The third-order valence-electron chi connectivity index (χ3n) is 5.46. The number of carbonyl (C=O) groups excluding carboxylic acids is 2. The van der Waals surface area contributed by atoms with Gasteiger partial charge in [0, 0.05) is 0 Å². The fraction of sp³-hybridized carbons (Fsp3) is 0.208. The first kappa shape index (κ1) is 25.6. The van der Waals surface area contributed by atoms with Gasteiger partial charge in [0.2, 0.25) is 5.16 Å². The third kappa shape index (κ3) is 5.51. The number of ether oxygens (including phenoxy) is 1. The molecule has 37 heavy (non-hydrogen) atoms. The molecule has 2 N–H and O–H groups in total. The molecular weight excluding hydrogens is 498 g/mol. The summed E-state index contributed by atoms with van der Waals surface area (Å²) in [6, 6.07) is 16.4. The zero-order valence-electron chi connectivity index (χ0n) is 20.0. The quantitative estimate of drug-likeness (QED) is 0.192. The molecule has 2 aromatic carbocycles. The predicted molar refractivity (Wildman–Crippen MR) is 136 cm³/mol. The summed E-state index contributed by atoms with van der Waals surface area (Å²) in [4.78, 5) is 51.5. The number of aryl methyl sites for hydroxylation is 1. The topological polar surface area (TPSA) is 157 Å². The van der Waals surface area contributed by atoms with Gasteiger partial charge in [-0.05, 0) is 40.6 Å². The first-order valence-corrected chi connectivity index (χ1v) is 12.0. The van der Waals surface area contributed by atoms with Crippen molar-refractivity contribution in [2.75, 3.05) is 18.6 Å². The molecule has 0 spiro atoms. The minimum Gasteiger partial charge on any atom is -0.468 e. The van der Waals surface area contributed by atoms with Crippen molar-refractivity contribution in [2.45, 2.75) is 25.2 Å². The summed E-state index contributed by atoms with van der Waals surface area (Å²) >= 11 is 1.01. The summed E-state index contributed by atoms with van der Waals surface area (Å²) in [5.74, 6) is -2.00. The number of Topliss-reactive ketones (excluding diaryl/α,β-unsaturated/α-hetero) is 1. The maximum atomic E-state index is 13.3. The van der Waals surface area contributed by atoms with Crippen LogP contribution in [0.3, 0.4) is 0 Å². The normalized spacial score (nSPS) is 10.9. The van der Waals surface area contributed by atoms with E-state index < -0.39 is 35.1 Å². The number of hydrogen-bond donors (Lipinski definition) is 1. The average molecular weight is 522 g/mol. The first-order chi connectivity index (χ1) is 17.8. The Labute approximate surface area is 214 Å². The van der Waals surface area contributed by atoms with Crippen molar-refractivity contribution in [1.29, 1.82) is 0 Å². The molecule has 0 radical (unpaired) electrons. The number of aromatic nitrogens is 6. The van der Waals surface area contributed by atoms with Gasteiger partial charge in [-0.3, -0.25) is 19.0 Å². The summed E-state index contributed by atoms with van der Waals surface area (Å²) in [7, 11) is 1.13. The molecule has 2 heterocycles. The number of anilines is 1. The Morgan fingerprint density at radius 1 is 1.05 bits per heavy atom. The molecule has 190 valence electrons. The number of nitrogens with two attached hydrogens (primary N) is 1. The fourth-order valence-electron chi connectivity index (χ4n) is 3.62. The Balaban J connectivity index is 1.70. The van der Waals surface area contributed by atoms with Crippen molar-refractivity contribution < 1.29 is 14.3 Å². The highest BCUT2D eigenvalue weighted by Crippen LogP contribution is 2.21. The van der Waals surface area contributed by atoms with Gasteiger partial charge in [-0.25, -0.2) is 9.36 Å². The number of methoxy groups -OCH3 is 1. The van der Waals surface area contributed by atoms with E-state index in [0.717, 1.165) is 29.0 Å². The molecule has 0 saturated heterocycles. The molecular formula is C24H23N7O5S. The number of ketones is 1. The van der Waals surface area contributed by atoms with Crippen LogP contribution in [0.25, 0.3) is 5.69 Å². The Bertz CT molecular complexity index is 1580. The van der Waals surface area contributed by atoms with Crippen molar-refractivity contribution in [3.63, 3.8) is 0 Å². The Kier molecular flexibility index (Phi) is 7.63. The molecule has 12 nitrogen and oxygen atoms in total. The number of rotatable bonds is 9. The number of esters is 1. The average Bonchev–Trinajstić information content (AvgIpc) is 3.37. The lowest BCUT2D eigenvalue weighted by Gasteiger charge is -2.16. The van der Waals surface area contributed by atoms with Crippen molar-refractivity contribution >= 4 is 29.3 Å². The lowest BCUT2D eigenvalue weighted by atomic mass is 10.2. The lowest BCUT2D eigenvalue weighted by molar-refractivity contribution is -0.141. The standard InChI is InChI=1S/C24H23N7O5S/c1-15-7-6-10-17(11-15)31-23(26-27-28-31)37-14-18(32)20-21(25)29(12-16-8-4-3-5-9-16)24(35)30(22(20)34)13-19(33)36-2/h3-11H,12-14,25H2,1-2H3. The van der Waals surface area contributed by atoms with Crippen LogP contribution in [-0.2, 0) is 22.6 Å². The Morgan fingerprint density at radius 3 is 2.51 bits per heavy atom. The van der Waals surface area contributed by atoms with Crippen LogP contribution in [0, 0.1) is 6.92 Å². The number of carbonyl (C=O) groups is 2. The molecule has 0 atom stereocenters. The lowest BCUT2D eigenvalue weighted by Crippen LogP contribution is -2.45. The fourth-order valence-corrected chi connectivity index (χ4v) is 4.39. The Morgan fingerprint density at radius 2 is 1.81 bits per heavy atom. The van der Waals surface area contributed by atoms with Gasteiger partial charge in [0.05, 0.1) is 25.1 Å². The van der Waals surface area contributed by atoms with Gasteiger partial charge in [0.25, 0.3) is 5.56 Å². The summed E-state index contributed by atoms with van der Waals surface area (Å²) in [6.07, 6.45) is 0. The molecule has 0 aliphatic carbocycles. The number of hydrogen-bond acceptors (Lipinski definition) is 10. The van der Waals surface area contributed by atoms with Crippen LogP contribution in [0.5, 0.6) is 0 Å². The second kappa shape index (κ2) is 11.0. The summed E-state index contributed by atoms with van der Waals surface area (Å²) in [5.41, 5.74) is 6.43. The van der Waals surface area contributed by atoms with Crippen LogP contribution in [0.15, 0.2) is 69.3 Å². The number of thioether (sulfide) groups is 1. The SMILES string of the molecule is COC(=O)Cn1c(=O)c(C(=O)CSc2nnnn2-c2cccc(C)c2)c(N)n(Cc2ccccc2)c1=O. The highest BCUT2D eigenvalue weighted by molar-refractivity contribution is 7.99. The molecule has 13 heteroatoms. The van der Waals surface area contributed by atoms with Gasteiger partial charge in [-0.1, -0.05) is 54.2 Å². The summed E-state index contributed by atoms with van der Waals surface area (Å²) < 4.78 is 7.84. The molecule has 2 aromatic heterocycles. The number of tetrazole rings is 1. The van der Waals surface area contributed by atoms with E-state index in [9.17, 15) is 19.2 Å². The van der Waals surface area contributed by atoms with Gasteiger partial charge >= 0.3 is 11.7 Å². The summed E-state index contributed by atoms with van der Waals surface area (Å²) in [6.45, 7) is 1.25. The van der Waals surface area contributed by atoms with Crippen LogP contribution in [0.4, 0.5) is 5.82 Å². The largest absolute Gasteiger partial charge is 0.468 e. The molecule has 0 bridgehead atoms. The van der Waals surface area contributed by atoms with E-state index in [1.165, 1.54) is 4.68 Å². The van der Waals surface area contributed by atoms with Crippen molar-refractivity contribution in [2.24, 2.45) is 0 Å². The molecule has 4 rings (SSSR count). The van der Waals surface area contributed by atoms with Gasteiger partial charge < -0.3 is 10.5 Å². The van der Waals surface area contributed by atoms with E-state index in [1.807, 2.05) is 37.3 Å². The van der Waals surface area contributed by atoms with Gasteiger partial charge in [0.15, 0.2) is 5.78 Å². The smallest absolute Gasteiger partial charge is 0.333 e. The van der Waals surface area contributed by atoms with Gasteiger partial charge in [-0.2, -0.15) is 4.68 Å². The first-order valence-electron chi connectivity index (χ1n) is 11.1. The predicted octanol–water partition coefficient (Wildman–Crippen LogP) is 1.07. The van der Waals surface area contributed by atoms with E-state index in [1.54, 1.807) is 24.3 Å². The van der Waals surface area contributed by atoms with Crippen LogP contribution < -0.4 is 17.0 Å². The van der Waals surface area contributed by atoms with Gasteiger partial charge in [0.1, 0.15) is 17.9 Å². The van der Waals surface area contributed by atoms with Crippen LogP contribution in [-0.4, -0.2) is 54.0 Å². The molecule has 0 aliphatic rings. The van der Waals surface area contributed by atoms with Crippen LogP contribution >= 0.6 is 11.8 Å². The molecule has 4 aromatic rings. The minimum atomic E-state index is -0.971. The molecule has 0 unspecified atom stereocenters. The zero-order chi connectivity index (χ0) is 26.5. The Hall–Kier alpha value is -4.52. The molecule has 0 fully saturated rings. The van der Waals surface area contributed by atoms with Gasteiger partial charge in [-0.15, -0.1) is 5.10 Å². The monoisotopic (exact) mass is 521 g/mol. The maximum absolute atomic E-state index is 13.3. The number of nitrogens with zero attached hydrogens (tertiary/aromatic N) is 6. The third-order valence-corrected chi connectivity index (χ3v) is 6.38. The van der Waals surface area contributed by atoms with Crippen molar-refractivity contribution in [1.82, 2.24) is 29.3 Å². The molecule has 0 aliphatic heterocycles. The second-order valence-electron chi connectivity index (χ2n) is 8.01. The van der Waals surface area contributed by atoms with Crippen LogP contribution in [0.1, 0.15) is 21.5 Å². The van der Waals surface area contributed by atoms with Crippen molar-refractivity contribution in [3.8, 4) is 5.69 Å². The number of nitrogen functional groups attached to an aromatic ring is 1.